The second-order valence-corrected chi connectivity index (χ2v) is 14.4. The summed E-state index contributed by atoms with van der Waals surface area (Å²) in [6.07, 6.45) is 0.0379. The fraction of sp³-hybridized carbons (Fsp3) is 0.395. The van der Waals surface area contributed by atoms with Crippen molar-refractivity contribution in [2.75, 3.05) is 13.2 Å². The van der Waals surface area contributed by atoms with Crippen LogP contribution in [0, 0.1) is 18.3 Å². The van der Waals surface area contributed by atoms with E-state index < -0.39 is 43.8 Å². The van der Waals surface area contributed by atoms with Crippen LogP contribution in [0.1, 0.15) is 69.0 Å². The van der Waals surface area contributed by atoms with Crippen molar-refractivity contribution in [3.05, 3.63) is 128 Å². The number of rotatable bonds is 13. The van der Waals surface area contributed by atoms with Crippen LogP contribution in [-0.4, -0.2) is 51.7 Å². The van der Waals surface area contributed by atoms with Crippen molar-refractivity contribution in [2.45, 2.75) is 83.6 Å². The predicted octanol–water partition coefficient (Wildman–Crippen LogP) is 6.91. The highest BCUT2D eigenvalue weighted by Crippen LogP contribution is 2.54. The van der Waals surface area contributed by atoms with Gasteiger partial charge in [-0.2, -0.15) is 5.26 Å². The molecule has 6 rings (SSSR count). The van der Waals surface area contributed by atoms with E-state index in [-0.39, 0.29) is 31.7 Å². The predicted molar refractivity (Wildman–Crippen MR) is 190 cm³/mol. The molecule has 1 unspecified atom stereocenters. The van der Waals surface area contributed by atoms with Crippen LogP contribution >= 0.6 is 8.53 Å². The molecule has 12 heteroatoms. The van der Waals surface area contributed by atoms with Gasteiger partial charge in [-0.05, 0) is 52.3 Å². The van der Waals surface area contributed by atoms with Gasteiger partial charge in [0.15, 0.2) is 5.60 Å². The molecule has 1 N–H and O–H groups in total. The molecule has 0 spiro atoms. The van der Waals surface area contributed by atoms with E-state index in [9.17, 15) is 14.9 Å². The van der Waals surface area contributed by atoms with Crippen molar-refractivity contribution in [1.29, 1.82) is 5.26 Å². The Morgan fingerprint density at radius 3 is 2.22 bits per heavy atom. The summed E-state index contributed by atoms with van der Waals surface area (Å²) in [7, 11) is -1.64. The fourth-order valence-electron chi connectivity index (χ4n) is 6.73. The molecule has 262 valence electrons. The summed E-state index contributed by atoms with van der Waals surface area (Å²) in [4.78, 5) is 27.7. The fourth-order valence-corrected chi connectivity index (χ4v) is 8.49. The van der Waals surface area contributed by atoms with Crippen LogP contribution in [0.3, 0.4) is 0 Å². The molecule has 0 bridgehead atoms. The van der Waals surface area contributed by atoms with E-state index in [4.69, 9.17) is 23.3 Å². The number of H-pyrrole nitrogens is 1. The van der Waals surface area contributed by atoms with Crippen LogP contribution in [0.5, 0.6) is 11.5 Å². The van der Waals surface area contributed by atoms with Gasteiger partial charge in [0.05, 0.1) is 31.8 Å². The second-order valence-electron chi connectivity index (χ2n) is 13.0. The van der Waals surface area contributed by atoms with Crippen LogP contribution in [-0.2, 0) is 24.1 Å². The molecule has 1 fully saturated rings. The number of ether oxygens (including phenoxy) is 3. The number of nitrogens with zero attached hydrogens (tertiary/aromatic N) is 3. The summed E-state index contributed by atoms with van der Waals surface area (Å²) in [6.45, 7) is 10.2. The van der Waals surface area contributed by atoms with E-state index in [1.165, 1.54) is 10.8 Å². The smallest absolute Gasteiger partial charge is 0.330 e. The van der Waals surface area contributed by atoms with Crippen molar-refractivity contribution in [3.63, 3.8) is 0 Å². The average Bonchev–Trinajstić information content (AvgIpc) is 3.50. The number of para-hydroxylation sites is 2. The largest absolute Gasteiger partial charge is 0.457 e. The minimum Gasteiger partial charge on any atom is -0.457 e. The Balaban J connectivity index is 1.41. The number of hydrogen-bond acceptors (Lipinski definition) is 9. The van der Waals surface area contributed by atoms with Crippen molar-refractivity contribution in [1.82, 2.24) is 14.2 Å². The first-order chi connectivity index (χ1) is 24.1. The molecule has 1 saturated heterocycles. The lowest BCUT2D eigenvalue weighted by Gasteiger charge is -2.41. The molecule has 3 aromatic carbocycles. The van der Waals surface area contributed by atoms with Gasteiger partial charge in [-0.1, -0.05) is 66.7 Å². The molecule has 50 heavy (non-hydrogen) atoms. The summed E-state index contributed by atoms with van der Waals surface area (Å²) in [5.74, 6) is 1.37. The summed E-state index contributed by atoms with van der Waals surface area (Å²) in [6, 6.07) is 28.0. The molecule has 4 aromatic rings. The molecule has 2 aliphatic heterocycles. The van der Waals surface area contributed by atoms with Crippen molar-refractivity contribution >= 4 is 8.53 Å². The van der Waals surface area contributed by atoms with E-state index >= 15 is 0 Å². The lowest BCUT2D eigenvalue weighted by molar-refractivity contribution is -0.0943. The number of nitrogens with one attached hydrogen (secondary N) is 1. The Labute approximate surface area is 293 Å². The highest BCUT2D eigenvalue weighted by Gasteiger charge is 2.48. The van der Waals surface area contributed by atoms with E-state index in [0.717, 1.165) is 16.7 Å². The standard InChI is InChI=1S/C38H43N4O7P/c1-25(2)42(26(3)4)50(46-21-13-20-39)49-33-22-35(41-23-27(5)36(43)40-37(41)44)48-34(33)24-45-38(28-14-7-6-8-15-28)29-16-9-11-18-31(29)47-32-19-12-10-17-30(32)38/h6-12,14-19,23,25-26,33-35H,13,21-22,24H2,1-5H3,(H,40,43,44)/t33-,34+,35+,50?/m0/s1. The third-order valence-electron chi connectivity index (χ3n) is 8.92. The lowest BCUT2D eigenvalue weighted by atomic mass is 9.77. The van der Waals surface area contributed by atoms with E-state index in [0.29, 0.717) is 23.5 Å². The molecule has 0 saturated carbocycles. The molecule has 11 nitrogen and oxygen atoms in total. The third-order valence-corrected chi connectivity index (χ3v) is 11.1. The number of aromatic nitrogens is 2. The van der Waals surface area contributed by atoms with Crippen LogP contribution < -0.4 is 16.0 Å². The first-order valence-electron chi connectivity index (χ1n) is 16.9. The monoisotopic (exact) mass is 698 g/mol. The molecular weight excluding hydrogens is 655 g/mol. The highest BCUT2D eigenvalue weighted by atomic mass is 31.2. The SMILES string of the molecule is Cc1cn([C@H]2C[C@H](OP(OCCC#N)N(C(C)C)C(C)C)[C@@H](COC3(c4ccccc4)c4ccccc4Oc4ccccc43)O2)c(=O)[nH]c1=O. The van der Waals surface area contributed by atoms with Crippen LogP contribution in [0.4, 0.5) is 0 Å². The van der Waals surface area contributed by atoms with Crippen LogP contribution in [0.15, 0.2) is 94.6 Å². The van der Waals surface area contributed by atoms with E-state index in [1.807, 2.05) is 78.9 Å². The number of fused-ring (bicyclic) bond motifs is 2. The highest BCUT2D eigenvalue weighted by molar-refractivity contribution is 7.44. The maximum Gasteiger partial charge on any atom is 0.330 e. The van der Waals surface area contributed by atoms with Gasteiger partial charge in [-0.25, -0.2) is 9.46 Å². The van der Waals surface area contributed by atoms with E-state index in [2.05, 4.69) is 43.4 Å². The zero-order chi connectivity index (χ0) is 35.4. The van der Waals surface area contributed by atoms with Crippen molar-refractivity contribution in [3.8, 4) is 17.6 Å². The summed E-state index contributed by atoms with van der Waals surface area (Å²) < 4.78 is 36.9. The Kier molecular flexibility index (Phi) is 11.0. The van der Waals surface area contributed by atoms with Gasteiger partial charge in [0.1, 0.15) is 23.8 Å². The quantitative estimate of drug-likeness (QED) is 0.117. The van der Waals surface area contributed by atoms with Crippen LogP contribution in [0.2, 0.25) is 0 Å². The van der Waals surface area contributed by atoms with Gasteiger partial charge in [0, 0.05) is 41.4 Å². The first-order valence-corrected chi connectivity index (χ1v) is 18.1. The summed E-state index contributed by atoms with van der Waals surface area (Å²) in [5.41, 5.74) is 0.900. The molecule has 1 aromatic heterocycles. The number of benzene rings is 3. The van der Waals surface area contributed by atoms with E-state index in [1.54, 1.807) is 6.92 Å². The maximum atomic E-state index is 13.1. The van der Waals surface area contributed by atoms with Crippen molar-refractivity contribution in [2.24, 2.45) is 0 Å². The number of hydrogen-bond donors (Lipinski definition) is 1. The van der Waals surface area contributed by atoms with Gasteiger partial charge in [-0.15, -0.1) is 0 Å². The lowest BCUT2D eigenvalue weighted by Crippen LogP contribution is -2.41. The van der Waals surface area contributed by atoms with Gasteiger partial charge in [0.25, 0.3) is 14.1 Å². The van der Waals surface area contributed by atoms with Gasteiger partial charge >= 0.3 is 5.69 Å². The van der Waals surface area contributed by atoms with Gasteiger partial charge < -0.3 is 23.3 Å². The minimum atomic E-state index is -1.64. The molecule has 0 radical (unpaired) electrons. The third kappa shape index (κ3) is 7.06. The average molecular weight is 699 g/mol. The minimum absolute atomic E-state index is 0.0700. The summed E-state index contributed by atoms with van der Waals surface area (Å²) in [5, 5.41) is 9.26. The van der Waals surface area contributed by atoms with Gasteiger partial charge in [-0.3, -0.25) is 14.3 Å². The normalized spacial score (nSPS) is 19.9. The summed E-state index contributed by atoms with van der Waals surface area (Å²) >= 11 is 0. The van der Waals surface area contributed by atoms with Gasteiger partial charge in [0.2, 0.25) is 0 Å². The maximum absolute atomic E-state index is 13.1. The zero-order valence-corrected chi connectivity index (χ0v) is 29.8. The Morgan fingerprint density at radius 2 is 1.60 bits per heavy atom. The second kappa shape index (κ2) is 15.4. The Morgan fingerprint density at radius 1 is 0.980 bits per heavy atom. The molecule has 3 heterocycles. The number of nitriles is 1. The number of aromatic amines is 1. The molecule has 0 amide bonds. The Hall–Kier alpha value is -4.14. The molecule has 0 aliphatic carbocycles. The molecule has 2 aliphatic rings. The molecule has 4 atom stereocenters. The van der Waals surface area contributed by atoms with Crippen molar-refractivity contribution < 1.29 is 23.3 Å². The Bertz CT molecular complexity index is 1890. The van der Waals surface area contributed by atoms with Crippen LogP contribution in [0.25, 0.3) is 0 Å². The first kappa shape index (κ1) is 35.7. The number of aryl methyl sites for hydroxylation is 1. The zero-order valence-electron chi connectivity index (χ0n) is 28.9. The topological polar surface area (TPSA) is 128 Å². The molecular formula is C38H43N4O7P.